The third kappa shape index (κ3) is 4.14. The van der Waals surface area contributed by atoms with E-state index in [1.54, 1.807) is 11.0 Å². The molecule has 3 unspecified atom stereocenters. The zero-order valence-corrected chi connectivity index (χ0v) is 14.9. The van der Waals surface area contributed by atoms with Crippen LogP contribution in [0, 0.1) is 11.8 Å². The first-order valence-corrected chi connectivity index (χ1v) is 8.99. The fourth-order valence-electron chi connectivity index (χ4n) is 3.10. The number of piperidine rings is 1. The predicted molar refractivity (Wildman–Crippen MR) is 88.3 cm³/mol. The van der Waals surface area contributed by atoms with E-state index in [4.69, 9.17) is 4.42 Å². The minimum absolute atomic E-state index is 0.134. The Bertz CT molecular complexity index is 663. The van der Waals surface area contributed by atoms with Crippen molar-refractivity contribution >= 4 is 17.7 Å². The molecule has 8 nitrogen and oxygen atoms in total. The standard InChI is InChI=1S/C15H22N6O2S/c1-10-4-11(2)6-20(5-10)14(22)12(3)24-15-19-18-13(23-15)7-21-9-16-8-17-21/h8-12H,4-7H2,1-3H3. The topological polar surface area (TPSA) is 89.9 Å². The quantitative estimate of drug-likeness (QED) is 0.758. The van der Waals surface area contributed by atoms with Crippen LogP contribution in [0.5, 0.6) is 0 Å². The van der Waals surface area contributed by atoms with Crippen molar-refractivity contribution in [3.63, 3.8) is 0 Å². The van der Waals surface area contributed by atoms with E-state index in [0.29, 0.717) is 29.5 Å². The largest absolute Gasteiger partial charge is 0.414 e. The molecule has 1 saturated heterocycles. The number of nitrogens with zero attached hydrogens (tertiary/aromatic N) is 6. The zero-order valence-electron chi connectivity index (χ0n) is 14.1. The number of likely N-dealkylation sites (tertiary alicyclic amines) is 1. The van der Waals surface area contributed by atoms with Gasteiger partial charge in [0, 0.05) is 13.1 Å². The lowest BCUT2D eigenvalue weighted by Gasteiger charge is -2.36. The maximum atomic E-state index is 12.6. The van der Waals surface area contributed by atoms with Gasteiger partial charge in [0.2, 0.25) is 11.8 Å². The summed E-state index contributed by atoms with van der Waals surface area (Å²) in [5, 5.41) is 12.2. The van der Waals surface area contributed by atoms with Crippen LogP contribution in [-0.4, -0.2) is 54.1 Å². The van der Waals surface area contributed by atoms with Gasteiger partial charge in [0.25, 0.3) is 5.22 Å². The van der Waals surface area contributed by atoms with E-state index in [1.165, 1.54) is 24.5 Å². The van der Waals surface area contributed by atoms with Crippen LogP contribution in [0.4, 0.5) is 0 Å². The summed E-state index contributed by atoms with van der Waals surface area (Å²) in [5.41, 5.74) is 0. The highest BCUT2D eigenvalue weighted by Crippen LogP contribution is 2.27. The molecule has 130 valence electrons. The number of carbonyl (C=O) groups excluding carboxylic acids is 1. The molecule has 3 heterocycles. The summed E-state index contributed by atoms with van der Waals surface area (Å²) >= 11 is 1.30. The van der Waals surface area contributed by atoms with Gasteiger partial charge in [0.1, 0.15) is 19.2 Å². The minimum atomic E-state index is -0.248. The van der Waals surface area contributed by atoms with Crippen LogP contribution < -0.4 is 0 Å². The van der Waals surface area contributed by atoms with Gasteiger partial charge in [-0.2, -0.15) is 5.10 Å². The Morgan fingerprint density at radius 2 is 2.12 bits per heavy atom. The molecule has 0 bridgehead atoms. The average Bonchev–Trinajstić information content (AvgIpc) is 3.18. The Hall–Kier alpha value is -1.90. The van der Waals surface area contributed by atoms with Gasteiger partial charge in [0.05, 0.1) is 5.25 Å². The molecule has 3 atom stereocenters. The fraction of sp³-hybridized carbons (Fsp3) is 0.667. The van der Waals surface area contributed by atoms with Gasteiger partial charge >= 0.3 is 0 Å². The van der Waals surface area contributed by atoms with E-state index in [9.17, 15) is 4.79 Å². The number of aromatic nitrogens is 5. The first-order valence-electron chi connectivity index (χ1n) is 8.11. The second-order valence-corrected chi connectivity index (χ2v) is 7.80. The SMILES string of the molecule is CC1CC(C)CN(C(=O)C(C)Sc2nnc(Cn3cncn3)o2)C1. The van der Waals surface area contributed by atoms with Crippen molar-refractivity contribution < 1.29 is 9.21 Å². The van der Waals surface area contributed by atoms with Crippen LogP contribution in [0.2, 0.25) is 0 Å². The maximum absolute atomic E-state index is 12.6. The van der Waals surface area contributed by atoms with Crippen molar-refractivity contribution in [2.75, 3.05) is 13.1 Å². The third-order valence-corrected chi connectivity index (χ3v) is 4.94. The highest BCUT2D eigenvalue weighted by molar-refractivity contribution is 8.00. The molecule has 0 saturated carbocycles. The van der Waals surface area contributed by atoms with Crippen molar-refractivity contribution in [2.45, 2.75) is 44.2 Å². The van der Waals surface area contributed by atoms with Gasteiger partial charge in [0.15, 0.2) is 0 Å². The van der Waals surface area contributed by atoms with Gasteiger partial charge in [-0.1, -0.05) is 25.6 Å². The molecule has 1 amide bonds. The van der Waals surface area contributed by atoms with Gasteiger partial charge in [-0.05, 0) is 25.2 Å². The summed E-state index contributed by atoms with van der Waals surface area (Å²) in [4.78, 5) is 18.5. The van der Waals surface area contributed by atoms with E-state index >= 15 is 0 Å². The van der Waals surface area contributed by atoms with Crippen LogP contribution in [0.25, 0.3) is 0 Å². The Kier molecular flexibility index (Phi) is 5.17. The monoisotopic (exact) mass is 350 g/mol. The summed E-state index contributed by atoms with van der Waals surface area (Å²) in [5.74, 6) is 1.68. The predicted octanol–water partition coefficient (Wildman–Crippen LogP) is 1.69. The third-order valence-electron chi connectivity index (χ3n) is 4.02. The van der Waals surface area contributed by atoms with Crippen molar-refractivity contribution in [2.24, 2.45) is 11.8 Å². The molecule has 0 N–H and O–H groups in total. The number of hydrogen-bond acceptors (Lipinski definition) is 7. The summed E-state index contributed by atoms with van der Waals surface area (Å²) in [6.45, 7) is 8.31. The van der Waals surface area contributed by atoms with Crippen molar-refractivity contribution in [1.29, 1.82) is 0 Å². The van der Waals surface area contributed by atoms with Gasteiger partial charge in [-0.15, -0.1) is 10.2 Å². The highest BCUT2D eigenvalue weighted by atomic mass is 32.2. The number of thioether (sulfide) groups is 1. The number of amides is 1. The fourth-order valence-corrected chi connectivity index (χ4v) is 3.89. The highest BCUT2D eigenvalue weighted by Gasteiger charge is 2.29. The van der Waals surface area contributed by atoms with E-state index in [2.05, 4.69) is 34.1 Å². The first kappa shape index (κ1) is 16.9. The van der Waals surface area contributed by atoms with Crippen LogP contribution in [0.1, 0.15) is 33.1 Å². The molecular formula is C15H22N6O2S. The molecule has 0 radical (unpaired) electrons. The summed E-state index contributed by atoms with van der Waals surface area (Å²) in [7, 11) is 0. The van der Waals surface area contributed by atoms with Crippen LogP contribution in [0.15, 0.2) is 22.3 Å². The molecule has 2 aromatic rings. The molecule has 1 aliphatic rings. The summed E-state index contributed by atoms with van der Waals surface area (Å²) in [6.07, 6.45) is 4.22. The molecule has 24 heavy (non-hydrogen) atoms. The number of carbonyl (C=O) groups is 1. The second-order valence-electron chi connectivity index (χ2n) is 6.50. The molecule has 2 aromatic heterocycles. The number of rotatable bonds is 5. The summed E-state index contributed by atoms with van der Waals surface area (Å²) < 4.78 is 7.19. The molecule has 1 fully saturated rings. The zero-order chi connectivity index (χ0) is 17.1. The molecule has 0 aromatic carbocycles. The average molecular weight is 350 g/mol. The number of hydrogen-bond donors (Lipinski definition) is 0. The molecular weight excluding hydrogens is 328 g/mol. The van der Waals surface area contributed by atoms with Gasteiger partial charge in [-0.3, -0.25) is 4.79 Å². The lowest BCUT2D eigenvalue weighted by molar-refractivity contribution is -0.132. The van der Waals surface area contributed by atoms with Crippen molar-refractivity contribution in [1.82, 2.24) is 29.9 Å². The van der Waals surface area contributed by atoms with Crippen LogP contribution in [0.3, 0.4) is 0 Å². The van der Waals surface area contributed by atoms with Gasteiger partial charge < -0.3 is 9.32 Å². The molecule has 3 rings (SSSR count). The van der Waals surface area contributed by atoms with Crippen molar-refractivity contribution in [3.8, 4) is 0 Å². The smallest absolute Gasteiger partial charge is 0.277 e. The van der Waals surface area contributed by atoms with E-state index in [1.807, 2.05) is 11.8 Å². The van der Waals surface area contributed by atoms with Crippen molar-refractivity contribution in [3.05, 3.63) is 18.5 Å². The van der Waals surface area contributed by atoms with E-state index in [-0.39, 0.29) is 11.2 Å². The Morgan fingerprint density at radius 3 is 2.79 bits per heavy atom. The Morgan fingerprint density at radius 1 is 1.38 bits per heavy atom. The molecule has 9 heteroatoms. The lowest BCUT2D eigenvalue weighted by Crippen LogP contribution is -2.45. The Labute approximate surface area is 145 Å². The molecule has 0 aliphatic carbocycles. The lowest BCUT2D eigenvalue weighted by atomic mass is 9.92. The summed E-state index contributed by atoms with van der Waals surface area (Å²) in [6, 6.07) is 0. The maximum Gasteiger partial charge on any atom is 0.277 e. The minimum Gasteiger partial charge on any atom is -0.414 e. The van der Waals surface area contributed by atoms with Crippen LogP contribution in [-0.2, 0) is 11.3 Å². The second kappa shape index (κ2) is 7.33. The Balaban J connectivity index is 1.57. The first-order chi connectivity index (χ1) is 11.5. The van der Waals surface area contributed by atoms with E-state index < -0.39 is 0 Å². The molecule has 1 aliphatic heterocycles. The van der Waals surface area contributed by atoms with Crippen LogP contribution >= 0.6 is 11.8 Å². The van der Waals surface area contributed by atoms with Gasteiger partial charge in [-0.25, -0.2) is 9.67 Å². The van der Waals surface area contributed by atoms with E-state index in [0.717, 1.165) is 13.1 Å². The normalized spacial score (nSPS) is 22.5. The molecule has 0 spiro atoms.